The number of tetrazole rings is 1. The molecule has 0 radical (unpaired) electrons. The fourth-order valence-electron chi connectivity index (χ4n) is 4.32. The van der Waals surface area contributed by atoms with Crippen LogP contribution in [0.25, 0.3) is 5.69 Å². The molecule has 2 aromatic rings. The number of carbonyl (C=O) groups excluding carboxylic acids is 1. The third-order valence-corrected chi connectivity index (χ3v) is 5.44. The normalized spacial score (nSPS) is 24.1. The molecule has 0 N–H and O–H groups in total. The molecule has 2 aliphatic rings. The number of aromatic nitrogens is 4. The van der Waals surface area contributed by atoms with Gasteiger partial charge >= 0.3 is 0 Å². The zero-order valence-electron chi connectivity index (χ0n) is 14.6. The van der Waals surface area contributed by atoms with Gasteiger partial charge in [-0.3, -0.25) is 9.69 Å². The Hall–Kier alpha value is -2.28. The smallest absolute Gasteiger partial charge is 0.219 e. The van der Waals surface area contributed by atoms with Crippen LogP contribution in [0.3, 0.4) is 0 Å². The minimum Gasteiger partial charge on any atom is -0.338 e. The van der Waals surface area contributed by atoms with Crippen LogP contribution in [0.4, 0.5) is 0 Å². The second kappa shape index (κ2) is 6.92. The summed E-state index contributed by atoms with van der Waals surface area (Å²) in [5, 5.41) is 12.3. The van der Waals surface area contributed by atoms with Crippen molar-refractivity contribution in [1.82, 2.24) is 30.0 Å². The maximum Gasteiger partial charge on any atom is 0.219 e. The lowest BCUT2D eigenvalue weighted by atomic mass is 10.0. The first kappa shape index (κ1) is 16.2. The van der Waals surface area contributed by atoms with Crippen LogP contribution in [0.15, 0.2) is 30.3 Å². The third kappa shape index (κ3) is 3.16. The summed E-state index contributed by atoms with van der Waals surface area (Å²) in [4.78, 5) is 16.5. The first-order valence-electron chi connectivity index (χ1n) is 9.08. The lowest BCUT2D eigenvalue weighted by molar-refractivity contribution is -0.130. The molecule has 132 valence electrons. The molecule has 3 heterocycles. The number of benzene rings is 1. The summed E-state index contributed by atoms with van der Waals surface area (Å²) in [6, 6.07) is 10.7. The van der Waals surface area contributed by atoms with E-state index in [-0.39, 0.29) is 5.91 Å². The van der Waals surface area contributed by atoms with Crippen LogP contribution in [0.2, 0.25) is 0 Å². The van der Waals surface area contributed by atoms with E-state index in [1.807, 2.05) is 35.0 Å². The summed E-state index contributed by atoms with van der Waals surface area (Å²) in [5.74, 6) is 1.05. The lowest BCUT2D eigenvalue weighted by Crippen LogP contribution is -2.47. The van der Waals surface area contributed by atoms with E-state index < -0.39 is 0 Å². The highest BCUT2D eigenvalue weighted by atomic mass is 16.2. The van der Waals surface area contributed by atoms with Crippen molar-refractivity contribution < 1.29 is 4.79 Å². The number of nitrogens with zero attached hydrogens (tertiary/aromatic N) is 6. The molecule has 2 atom stereocenters. The van der Waals surface area contributed by atoms with Crippen molar-refractivity contribution in [3.05, 3.63) is 36.2 Å². The van der Waals surface area contributed by atoms with Gasteiger partial charge in [0.05, 0.1) is 12.2 Å². The van der Waals surface area contributed by atoms with Crippen molar-refractivity contribution in [3.8, 4) is 5.69 Å². The van der Waals surface area contributed by atoms with Crippen LogP contribution in [0.5, 0.6) is 0 Å². The van der Waals surface area contributed by atoms with Gasteiger partial charge in [0, 0.05) is 25.6 Å². The average Bonchev–Trinajstić information content (AvgIpc) is 3.36. The molecule has 1 aromatic carbocycles. The van der Waals surface area contributed by atoms with Crippen LogP contribution in [-0.2, 0) is 11.3 Å². The lowest BCUT2D eigenvalue weighted by Gasteiger charge is -2.34. The predicted octanol–water partition coefficient (Wildman–Crippen LogP) is 1.64. The summed E-state index contributed by atoms with van der Waals surface area (Å²) < 4.78 is 1.81. The van der Waals surface area contributed by atoms with Crippen molar-refractivity contribution in [2.45, 2.75) is 51.2 Å². The van der Waals surface area contributed by atoms with E-state index in [9.17, 15) is 4.79 Å². The van der Waals surface area contributed by atoms with E-state index in [0.29, 0.717) is 12.1 Å². The summed E-state index contributed by atoms with van der Waals surface area (Å²) >= 11 is 0. The van der Waals surface area contributed by atoms with Crippen molar-refractivity contribution in [1.29, 1.82) is 0 Å². The van der Waals surface area contributed by atoms with E-state index in [0.717, 1.165) is 50.4 Å². The SMILES string of the molecule is CC(=O)N1CCC[C@H]1[C@@H]1CCCN1Cc1nnnn1-c1ccccc1. The van der Waals surface area contributed by atoms with Crippen LogP contribution in [-0.4, -0.2) is 61.1 Å². The van der Waals surface area contributed by atoms with Gasteiger partial charge < -0.3 is 4.90 Å². The Morgan fingerprint density at radius 2 is 1.88 bits per heavy atom. The fourth-order valence-corrected chi connectivity index (χ4v) is 4.32. The molecular formula is C18H24N6O. The van der Waals surface area contributed by atoms with Gasteiger partial charge in [-0.2, -0.15) is 4.68 Å². The molecule has 7 nitrogen and oxygen atoms in total. The molecule has 0 bridgehead atoms. The van der Waals surface area contributed by atoms with E-state index in [4.69, 9.17) is 0 Å². The molecule has 25 heavy (non-hydrogen) atoms. The van der Waals surface area contributed by atoms with E-state index in [1.165, 1.54) is 6.42 Å². The van der Waals surface area contributed by atoms with E-state index in [1.54, 1.807) is 6.92 Å². The molecule has 0 spiro atoms. The largest absolute Gasteiger partial charge is 0.338 e. The molecule has 4 rings (SSSR count). The molecule has 7 heteroatoms. The van der Waals surface area contributed by atoms with Gasteiger partial charge in [-0.15, -0.1) is 5.10 Å². The number of hydrogen-bond donors (Lipinski definition) is 0. The number of amides is 1. The van der Waals surface area contributed by atoms with Crippen molar-refractivity contribution in [2.75, 3.05) is 13.1 Å². The van der Waals surface area contributed by atoms with Crippen LogP contribution in [0.1, 0.15) is 38.4 Å². The first-order valence-corrected chi connectivity index (χ1v) is 9.08. The standard InChI is InChI=1S/C18H24N6O/c1-14(25)23-12-6-10-17(23)16-9-5-11-22(16)13-18-19-20-21-24(18)15-7-3-2-4-8-15/h2-4,7-8,16-17H,5-6,9-13H2,1H3/t16-,17-/m0/s1. The highest BCUT2D eigenvalue weighted by Gasteiger charge is 2.39. The third-order valence-electron chi connectivity index (χ3n) is 5.44. The molecule has 2 fully saturated rings. The summed E-state index contributed by atoms with van der Waals surface area (Å²) in [6.45, 7) is 4.34. The number of carbonyl (C=O) groups is 1. The van der Waals surface area contributed by atoms with Crippen LogP contribution in [0, 0.1) is 0 Å². The number of rotatable bonds is 4. The van der Waals surface area contributed by atoms with Gasteiger partial charge in [0.25, 0.3) is 0 Å². The molecule has 1 aromatic heterocycles. The number of hydrogen-bond acceptors (Lipinski definition) is 5. The Morgan fingerprint density at radius 3 is 2.68 bits per heavy atom. The fraction of sp³-hybridized carbons (Fsp3) is 0.556. The summed E-state index contributed by atoms with van der Waals surface area (Å²) in [5.41, 5.74) is 0.976. The van der Waals surface area contributed by atoms with Crippen LogP contribution < -0.4 is 0 Å². The molecule has 2 aliphatic heterocycles. The predicted molar refractivity (Wildman–Crippen MR) is 93.0 cm³/mol. The van der Waals surface area contributed by atoms with Gasteiger partial charge in [-0.25, -0.2) is 0 Å². The minimum absolute atomic E-state index is 0.198. The van der Waals surface area contributed by atoms with Crippen molar-refractivity contribution in [3.63, 3.8) is 0 Å². The Balaban J connectivity index is 1.53. The minimum atomic E-state index is 0.198. The molecule has 0 aliphatic carbocycles. The van der Waals surface area contributed by atoms with Gasteiger partial charge in [-0.1, -0.05) is 18.2 Å². The number of para-hydroxylation sites is 1. The quantitative estimate of drug-likeness (QED) is 0.846. The maximum atomic E-state index is 11.9. The maximum absolute atomic E-state index is 11.9. The Bertz CT molecular complexity index is 730. The summed E-state index contributed by atoms with van der Waals surface area (Å²) in [7, 11) is 0. The molecule has 1 amide bonds. The Morgan fingerprint density at radius 1 is 1.12 bits per heavy atom. The molecule has 0 unspecified atom stereocenters. The van der Waals surface area contributed by atoms with Gasteiger partial charge in [0.2, 0.25) is 5.91 Å². The average molecular weight is 340 g/mol. The zero-order chi connectivity index (χ0) is 17.2. The van der Waals surface area contributed by atoms with Crippen LogP contribution >= 0.6 is 0 Å². The highest BCUT2D eigenvalue weighted by molar-refractivity contribution is 5.74. The monoisotopic (exact) mass is 340 g/mol. The number of likely N-dealkylation sites (tertiary alicyclic amines) is 2. The zero-order valence-corrected chi connectivity index (χ0v) is 14.6. The molecule has 2 saturated heterocycles. The summed E-state index contributed by atoms with van der Waals surface area (Å²) in [6.07, 6.45) is 4.52. The van der Waals surface area contributed by atoms with E-state index >= 15 is 0 Å². The Labute approximate surface area is 147 Å². The first-order chi connectivity index (χ1) is 12.2. The molecular weight excluding hydrogens is 316 g/mol. The Kier molecular flexibility index (Phi) is 4.48. The van der Waals surface area contributed by atoms with Gasteiger partial charge in [-0.05, 0) is 54.8 Å². The van der Waals surface area contributed by atoms with Crippen molar-refractivity contribution in [2.24, 2.45) is 0 Å². The highest BCUT2D eigenvalue weighted by Crippen LogP contribution is 2.31. The van der Waals surface area contributed by atoms with E-state index in [2.05, 4.69) is 25.3 Å². The topological polar surface area (TPSA) is 67.2 Å². The van der Waals surface area contributed by atoms with Gasteiger partial charge in [0.15, 0.2) is 5.82 Å². The second-order valence-corrected chi connectivity index (χ2v) is 6.94. The van der Waals surface area contributed by atoms with Gasteiger partial charge in [0.1, 0.15) is 0 Å². The van der Waals surface area contributed by atoms with Crippen molar-refractivity contribution >= 4 is 5.91 Å². The molecule has 0 saturated carbocycles. The second-order valence-electron chi connectivity index (χ2n) is 6.94.